The SMILES string of the molecule is C=CCNC(=NCCc1ccc(O)cc1)NCC. The summed E-state index contributed by atoms with van der Waals surface area (Å²) in [5.41, 5.74) is 1.16. The van der Waals surface area contributed by atoms with E-state index in [-0.39, 0.29) is 0 Å². The van der Waals surface area contributed by atoms with Gasteiger partial charge in [0.25, 0.3) is 0 Å². The van der Waals surface area contributed by atoms with E-state index < -0.39 is 0 Å². The Morgan fingerprint density at radius 2 is 2.06 bits per heavy atom. The highest BCUT2D eigenvalue weighted by Crippen LogP contribution is 2.09. The lowest BCUT2D eigenvalue weighted by Crippen LogP contribution is -2.37. The number of phenols is 1. The monoisotopic (exact) mass is 247 g/mol. The molecule has 0 aliphatic heterocycles. The summed E-state index contributed by atoms with van der Waals surface area (Å²) in [6, 6.07) is 7.21. The molecule has 0 aromatic heterocycles. The number of nitrogens with zero attached hydrogens (tertiary/aromatic N) is 1. The third-order valence-electron chi connectivity index (χ3n) is 2.36. The van der Waals surface area contributed by atoms with Crippen molar-refractivity contribution in [2.45, 2.75) is 13.3 Å². The molecule has 0 saturated carbocycles. The zero-order valence-electron chi connectivity index (χ0n) is 10.8. The predicted molar refractivity (Wildman–Crippen MR) is 76.0 cm³/mol. The van der Waals surface area contributed by atoms with E-state index in [1.54, 1.807) is 18.2 Å². The number of phenolic OH excluding ortho intramolecular Hbond substituents is 1. The number of benzene rings is 1. The summed E-state index contributed by atoms with van der Waals surface area (Å²) >= 11 is 0. The molecule has 0 radical (unpaired) electrons. The smallest absolute Gasteiger partial charge is 0.191 e. The average Bonchev–Trinajstić information content (AvgIpc) is 2.38. The second-order valence-corrected chi connectivity index (χ2v) is 3.85. The molecule has 4 heteroatoms. The van der Waals surface area contributed by atoms with Crippen molar-refractivity contribution in [1.29, 1.82) is 0 Å². The minimum Gasteiger partial charge on any atom is -0.508 e. The Bertz CT molecular complexity index is 385. The van der Waals surface area contributed by atoms with Crippen LogP contribution in [0.1, 0.15) is 12.5 Å². The fourth-order valence-electron chi connectivity index (χ4n) is 1.47. The van der Waals surface area contributed by atoms with Crippen LogP contribution in [-0.2, 0) is 6.42 Å². The van der Waals surface area contributed by atoms with Crippen LogP contribution >= 0.6 is 0 Å². The van der Waals surface area contributed by atoms with Gasteiger partial charge in [0.2, 0.25) is 0 Å². The summed E-state index contributed by atoms with van der Waals surface area (Å²) in [5.74, 6) is 1.10. The molecule has 3 N–H and O–H groups in total. The minimum absolute atomic E-state index is 0.295. The molecule has 98 valence electrons. The van der Waals surface area contributed by atoms with Crippen LogP contribution in [0.2, 0.25) is 0 Å². The van der Waals surface area contributed by atoms with E-state index >= 15 is 0 Å². The van der Waals surface area contributed by atoms with Gasteiger partial charge in [0.1, 0.15) is 5.75 Å². The Morgan fingerprint density at radius 1 is 1.33 bits per heavy atom. The Morgan fingerprint density at radius 3 is 2.67 bits per heavy atom. The maximum Gasteiger partial charge on any atom is 0.191 e. The summed E-state index contributed by atoms with van der Waals surface area (Å²) < 4.78 is 0. The molecule has 0 atom stereocenters. The first-order valence-corrected chi connectivity index (χ1v) is 6.17. The molecule has 18 heavy (non-hydrogen) atoms. The van der Waals surface area contributed by atoms with E-state index in [0.717, 1.165) is 24.5 Å². The maximum atomic E-state index is 9.18. The Hall–Kier alpha value is -1.97. The van der Waals surface area contributed by atoms with Crippen LogP contribution in [0.5, 0.6) is 5.75 Å². The highest BCUT2D eigenvalue weighted by molar-refractivity contribution is 5.79. The zero-order valence-corrected chi connectivity index (χ0v) is 10.8. The van der Waals surface area contributed by atoms with Gasteiger partial charge in [-0.05, 0) is 31.0 Å². The maximum absolute atomic E-state index is 9.18. The van der Waals surface area contributed by atoms with Gasteiger partial charge >= 0.3 is 0 Å². The van der Waals surface area contributed by atoms with E-state index in [1.807, 2.05) is 19.1 Å². The van der Waals surface area contributed by atoms with Gasteiger partial charge in [0, 0.05) is 19.6 Å². The third kappa shape index (κ3) is 5.39. The van der Waals surface area contributed by atoms with Crippen molar-refractivity contribution in [3.63, 3.8) is 0 Å². The van der Waals surface area contributed by atoms with Crippen LogP contribution in [0.3, 0.4) is 0 Å². The number of hydrogen-bond acceptors (Lipinski definition) is 2. The van der Waals surface area contributed by atoms with Gasteiger partial charge in [-0.1, -0.05) is 18.2 Å². The van der Waals surface area contributed by atoms with E-state index in [1.165, 1.54) is 0 Å². The Kier molecular flexibility index (Phi) is 6.40. The highest BCUT2D eigenvalue weighted by atomic mass is 16.3. The molecular weight excluding hydrogens is 226 g/mol. The third-order valence-corrected chi connectivity index (χ3v) is 2.36. The summed E-state index contributed by atoms with van der Waals surface area (Å²) in [5, 5.41) is 15.5. The molecule has 0 aliphatic carbocycles. The Labute approximate surface area is 108 Å². The van der Waals surface area contributed by atoms with Crippen molar-refractivity contribution in [2.24, 2.45) is 4.99 Å². The van der Waals surface area contributed by atoms with Crippen LogP contribution in [0.15, 0.2) is 41.9 Å². The van der Waals surface area contributed by atoms with Gasteiger partial charge in [-0.3, -0.25) is 4.99 Å². The van der Waals surface area contributed by atoms with Gasteiger partial charge in [-0.2, -0.15) is 0 Å². The number of nitrogens with one attached hydrogen (secondary N) is 2. The summed E-state index contributed by atoms with van der Waals surface area (Å²) in [7, 11) is 0. The molecule has 0 bridgehead atoms. The second kappa shape index (κ2) is 8.17. The molecule has 1 aromatic carbocycles. The average molecular weight is 247 g/mol. The molecule has 0 fully saturated rings. The van der Waals surface area contributed by atoms with Crippen molar-refractivity contribution in [1.82, 2.24) is 10.6 Å². The predicted octanol–water partition coefficient (Wildman–Crippen LogP) is 1.68. The lowest BCUT2D eigenvalue weighted by atomic mass is 10.1. The molecule has 0 aliphatic rings. The number of hydrogen-bond donors (Lipinski definition) is 3. The largest absolute Gasteiger partial charge is 0.508 e. The standard InChI is InChI=1S/C14H21N3O/c1-3-10-16-14(15-4-2)17-11-9-12-5-7-13(18)8-6-12/h3,5-8,18H,1,4,9-11H2,2H3,(H2,15,16,17). The molecule has 4 nitrogen and oxygen atoms in total. The summed E-state index contributed by atoms with van der Waals surface area (Å²) in [6.45, 7) is 7.93. The number of aromatic hydroxyl groups is 1. The first kappa shape index (κ1) is 14.1. The molecule has 0 saturated heterocycles. The number of rotatable bonds is 6. The summed E-state index contributed by atoms with van der Waals surface area (Å²) in [6.07, 6.45) is 2.65. The highest BCUT2D eigenvalue weighted by Gasteiger charge is 1.96. The van der Waals surface area contributed by atoms with Crippen LogP contribution in [0.25, 0.3) is 0 Å². The second-order valence-electron chi connectivity index (χ2n) is 3.85. The van der Waals surface area contributed by atoms with E-state index in [9.17, 15) is 5.11 Å². The zero-order chi connectivity index (χ0) is 13.2. The van der Waals surface area contributed by atoms with Crippen LogP contribution in [0, 0.1) is 0 Å². The van der Waals surface area contributed by atoms with Gasteiger partial charge in [0.05, 0.1) is 0 Å². The van der Waals surface area contributed by atoms with Gasteiger partial charge in [0.15, 0.2) is 5.96 Å². The minimum atomic E-state index is 0.295. The normalized spacial score (nSPS) is 11.1. The lowest BCUT2D eigenvalue weighted by molar-refractivity contribution is 0.475. The van der Waals surface area contributed by atoms with Crippen molar-refractivity contribution in [2.75, 3.05) is 19.6 Å². The van der Waals surface area contributed by atoms with E-state index in [0.29, 0.717) is 18.8 Å². The topological polar surface area (TPSA) is 56.7 Å². The molecule has 0 spiro atoms. The quantitative estimate of drug-likeness (QED) is 0.407. The Balaban J connectivity index is 2.44. The van der Waals surface area contributed by atoms with E-state index in [2.05, 4.69) is 22.2 Å². The molecule has 1 aromatic rings. The van der Waals surface area contributed by atoms with Gasteiger partial charge in [-0.25, -0.2) is 0 Å². The van der Waals surface area contributed by atoms with Crippen molar-refractivity contribution < 1.29 is 5.11 Å². The molecular formula is C14H21N3O. The fourth-order valence-corrected chi connectivity index (χ4v) is 1.47. The number of aliphatic imine (C=N–C) groups is 1. The van der Waals surface area contributed by atoms with E-state index in [4.69, 9.17) is 0 Å². The van der Waals surface area contributed by atoms with Crippen molar-refractivity contribution >= 4 is 5.96 Å². The number of guanidine groups is 1. The van der Waals surface area contributed by atoms with Crippen LogP contribution in [0.4, 0.5) is 0 Å². The fraction of sp³-hybridized carbons (Fsp3) is 0.357. The van der Waals surface area contributed by atoms with Crippen LogP contribution in [-0.4, -0.2) is 30.7 Å². The first-order chi connectivity index (χ1) is 8.76. The molecule has 0 amide bonds. The lowest BCUT2D eigenvalue weighted by Gasteiger charge is -2.09. The first-order valence-electron chi connectivity index (χ1n) is 6.17. The van der Waals surface area contributed by atoms with Crippen LogP contribution < -0.4 is 10.6 Å². The molecule has 0 heterocycles. The summed E-state index contributed by atoms with van der Waals surface area (Å²) in [4.78, 5) is 4.45. The van der Waals surface area contributed by atoms with Crippen molar-refractivity contribution in [3.8, 4) is 5.75 Å². The van der Waals surface area contributed by atoms with Gasteiger partial charge in [-0.15, -0.1) is 6.58 Å². The van der Waals surface area contributed by atoms with Gasteiger partial charge < -0.3 is 15.7 Å². The molecule has 0 unspecified atom stereocenters. The molecule has 1 rings (SSSR count). The van der Waals surface area contributed by atoms with Crippen molar-refractivity contribution in [3.05, 3.63) is 42.5 Å².